The largest absolute Gasteiger partial charge is 0.310 e. The monoisotopic (exact) mass is 241 g/mol. The van der Waals surface area contributed by atoms with E-state index in [1.165, 1.54) is 22.8 Å². The number of hydrogen-bond donors (Lipinski definition) is 1. The van der Waals surface area contributed by atoms with Crippen molar-refractivity contribution >= 4 is 10.8 Å². The van der Waals surface area contributed by atoms with Crippen LogP contribution in [0.4, 0.5) is 0 Å². The fourth-order valence-corrected chi connectivity index (χ4v) is 2.27. The molecule has 0 heterocycles. The Balaban J connectivity index is 2.12. The summed E-state index contributed by atoms with van der Waals surface area (Å²) in [6.45, 7) is 7.79. The molecule has 0 saturated heterocycles. The molecule has 0 bridgehead atoms. The minimum atomic E-state index is 0.564. The fraction of sp³-hybridized carbons (Fsp3) is 0.412. The van der Waals surface area contributed by atoms with Crippen LogP contribution in [0.25, 0.3) is 10.8 Å². The van der Waals surface area contributed by atoms with Crippen LogP contribution in [0.5, 0.6) is 0 Å². The van der Waals surface area contributed by atoms with Gasteiger partial charge in [0.15, 0.2) is 0 Å². The molecule has 0 aliphatic carbocycles. The van der Waals surface area contributed by atoms with E-state index in [2.05, 4.69) is 68.6 Å². The maximum atomic E-state index is 3.64. The number of rotatable bonds is 5. The van der Waals surface area contributed by atoms with E-state index in [1.54, 1.807) is 0 Å². The smallest absolute Gasteiger partial charge is 0.0214 e. The van der Waals surface area contributed by atoms with Gasteiger partial charge in [0.05, 0.1) is 0 Å². The van der Waals surface area contributed by atoms with Gasteiger partial charge < -0.3 is 5.32 Å². The lowest BCUT2D eigenvalue weighted by molar-refractivity contribution is 0.390. The zero-order valence-electron chi connectivity index (χ0n) is 11.6. The summed E-state index contributed by atoms with van der Waals surface area (Å²) in [5.74, 6) is 0.722. The summed E-state index contributed by atoms with van der Waals surface area (Å²) in [4.78, 5) is 0. The maximum Gasteiger partial charge on any atom is 0.0214 e. The topological polar surface area (TPSA) is 12.0 Å². The SMILES string of the molecule is CCC(C)C(C)NCc1cccc2ccccc12. The molecule has 0 saturated carbocycles. The summed E-state index contributed by atoms with van der Waals surface area (Å²) in [5.41, 5.74) is 1.39. The van der Waals surface area contributed by atoms with E-state index in [0.717, 1.165) is 12.5 Å². The van der Waals surface area contributed by atoms with Crippen molar-refractivity contribution < 1.29 is 0 Å². The third-order valence-corrected chi connectivity index (χ3v) is 3.99. The molecule has 1 heteroatoms. The van der Waals surface area contributed by atoms with Crippen LogP contribution in [0.2, 0.25) is 0 Å². The van der Waals surface area contributed by atoms with Gasteiger partial charge in [-0.3, -0.25) is 0 Å². The van der Waals surface area contributed by atoms with Crippen molar-refractivity contribution in [2.75, 3.05) is 0 Å². The third-order valence-electron chi connectivity index (χ3n) is 3.99. The van der Waals surface area contributed by atoms with Gasteiger partial charge in [-0.1, -0.05) is 62.7 Å². The minimum absolute atomic E-state index is 0.564. The van der Waals surface area contributed by atoms with Crippen LogP contribution in [0, 0.1) is 5.92 Å². The van der Waals surface area contributed by atoms with Crippen molar-refractivity contribution in [1.82, 2.24) is 5.32 Å². The lowest BCUT2D eigenvalue weighted by Gasteiger charge is -2.20. The van der Waals surface area contributed by atoms with Gasteiger partial charge >= 0.3 is 0 Å². The summed E-state index contributed by atoms with van der Waals surface area (Å²) < 4.78 is 0. The minimum Gasteiger partial charge on any atom is -0.310 e. The Morgan fingerprint density at radius 2 is 1.72 bits per heavy atom. The first-order valence-electron chi connectivity index (χ1n) is 6.92. The molecule has 0 aromatic heterocycles. The molecule has 2 aromatic carbocycles. The molecular weight excluding hydrogens is 218 g/mol. The van der Waals surface area contributed by atoms with E-state index >= 15 is 0 Å². The first-order valence-corrected chi connectivity index (χ1v) is 6.92. The molecule has 0 radical (unpaired) electrons. The first-order chi connectivity index (χ1) is 8.72. The Labute approximate surface area is 110 Å². The second-order valence-corrected chi connectivity index (χ2v) is 5.19. The Kier molecular flexibility index (Phi) is 4.38. The molecule has 1 N–H and O–H groups in total. The molecular formula is C17H23N. The highest BCUT2D eigenvalue weighted by atomic mass is 14.9. The van der Waals surface area contributed by atoms with Crippen LogP contribution in [-0.2, 0) is 6.54 Å². The predicted molar refractivity (Wildman–Crippen MR) is 79.7 cm³/mol. The Hall–Kier alpha value is -1.34. The van der Waals surface area contributed by atoms with Crippen LogP contribution in [0.1, 0.15) is 32.8 Å². The van der Waals surface area contributed by atoms with Crippen molar-refractivity contribution in [1.29, 1.82) is 0 Å². The van der Waals surface area contributed by atoms with E-state index < -0.39 is 0 Å². The molecule has 0 spiro atoms. The van der Waals surface area contributed by atoms with Gasteiger partial charge in [0.2, 0.25) is 0 Å². The van der Waals surface area contributed by atoms with E-state index in [9.17, 15) is 0 Å². The van der Waals surface area contributed by atoms with E-state index in [-0.39, 0.29) is 0 Å². The number of benzene rings is 2. The first kappa shape index (κ1) is 13.1. The quantitative estimate of drug-likeness (QED) is 0.820. The van der Waals surface area contributed by atoms with Crippen LogP contribution in [0.3, 0.4) is 0 Å². The van der Waals surface area contributed by atoms with Gasteiger partial charge in [-0.2, -0.15) is 0 Å². The Morgan fingerprint density at radius 1 is 1.00 bits per heavy atom. The molecule has 0 aliphatic heterocycles. The molecule has 96 valence electrons. The molecule has 18 heavy (non-hydrogen) atoms. The van der Waals surface area contributed by atoms with Crippen LogP contribution in [0.15, 0.2) is 42.5 Å². The van der Waals surface area contributed by atoms with Gasteiger partial charge in [-0.25, -0.2) is 0 Å². The summed E-state index contributed by atoms with van der Waals surface area (Å²) in [6, 6.07) is 15.7. The van der Waals surface area contributed by atoms with Gasteiger partial charge in [-0.15, -0.1) is 0 Å². The molecule has 0 fully saturated rings. The van der Waals surface area contributed by atoms with Crippen molar-refractivity contribution in [3.05, 3.63) is 48.0 Å². The Bertz CT molecular complexity index is 498. The fourth-order valence-electron chi connectivity index (χ4n) is 2.27. The highest BCUT2D eigenvalue weighted by Gasteiger charge is 2.09. The normalized spacial score (nSPS) is 14.6. The van der Waals surface area contributed by atoms with Crippen molar-refractivity contribution in [3.8, 4) is 0 Å². The summed E-state index contributed by atoms with van der Waals surface area (Å²) >= 11 is 0. The molecule has 2 rings (SSSR count). The zero-order valence-corrected chi connectivity index (χ0v) is 11.6. The van der Waals surface area contributed by atoms with E-state index in [0.29, 0.717) is 6.04 Å². The zero-order chi connectivity index (χ0) is 13.0. The second kappa shape index (κ2) is 6.01. The molecule has 1 nitrogen and oxygen atoms in total. The maximum absolute atomic E-state index is 3.64. The molecule has 2 unspecified atom stereocenters. The average molecular weight is 241 g/mol. The van der Waals surface area contributed by atoms with Crippen molar-refractivity contribution in [2.24, 2.45) is 5.92 Å². The summed E-state index contributed by atoms with van der Waals surface area (Å²) in [5, 5.41) is 6.33. The van der Waals surface area contributed by atoms with Gasteiger partial charge in [-0.05, 0) is 29.2 Å². The second-order valence-electron chi connectivity index (χ2n) is 5.19. The van der Waals surface area contributed by atoms with Crippen LogP contribution >= 0.6 is 0 Å². The third kappa shape index (κ3) is 2.91. The van der Waals surface area contributed by atoms with Gasteiger partial charge in [0.1, 0.15) is 0 Å². The number of fused-ring (bicyclic) bond motifs is 1. The highest BCUT2D eigenvalue weighted by molar-refractivity contribution is 5.85. The number of hydrogen-bond acceptors (Lipinski definition) is 1. The molecule has 2 aromatic rings. The van der Waals surface area contributed by atoms with E-state index in [4.69, 9.17) is 0 Å². The number of nitrogens with one attached hydrogen (secondary N) is 1. The average Bonchev–Trinajstić information content (AvgIpc) is 2.43. The van der Waals surface area contributed by atoms with Crippen molar-refractivity contribution in [2.45, 2.75) is 39.8 Å². The summed E-state index contributed by atoms with van der Waals surface area (Å²) in [7, 11) is 0. The van der Waals surface area contributed by atoms with Crippen LogP contribution < -0.4 is 5.32 Å². The molecule has 0 amide bonds. The van der Waals surface area contributed by atoms with Crippen LogP contribution in [-0.4, -0.2) is 6.04 Å². The Morgan fingerprint density at radius 3 is 2.50 bits per heavy atom. The van der Waals surface area contributed by atoms with Gasteiger partial charge in [0.25, 0.3) is 0 Å². The molecule has 0 aliphatic rings. The van der Waals surface area contributed by atoms with E-state index in [1.807, 2.05) is 0 Å². The highest BCUT2D eigenvalue weighted by Crippen LogP contribution is 2.18. The lowest BCUT2D eigenvalue weighted by atomic mass is 10.00. The lowest BCUT2D eigenvalue weighted by Crippen LogP contribution is -2.31. The van der Waals surface area contributed by atoms with Crippen molar-refractivity contribution in [3.63, 3.8) is 0 Å². The standard InChI is InChI=1S/C17H23N/c1-4-13(2)14(3)18-12-16-10-7-9-15-8-5-6-11-17(15)16/h5-11,13-14,18H,4,12H2,1-3H3. The predicted octanol–water partition coefficient (Wildman–Crippen LogP) is 4.36. The summed E-state index contributed by atoms with van der Waals surface area (Å²) in [6.07, 6.45) is 1.23. The van der Waals surface area contributed by atoms with Gasteiger partial charge in [0, 0.05) is 12.6 Å². The molecule has 2 atom stereocenters.